The zero-order chi connectivity index (χ0) is 58.5. The molecule has 0 aliphatic heterocycles. The fourth-order valence-electron chi connectivity index (χ4n) is 8.36. The van der Waals surface area contributed by atoms with Crippen molar-refractivity contribution in [3.63, 3.8) is 0 Å². The summed E-state index contributed by atoms with van der Waals surface area (Å²) < 4.78 is 16.9. The van der Waals surface area contributed by atoms with Gasteiger partial charge in [-0.15, -0.1) is 0 Å². The van der Waals surface area contributed by atoms with Gasteiger partial charge < -0.3 is 14.2 Å². The Bertz CT molecular complexity index is 1860. The molecule has 6 nitrogen and oxygen atoms in total. The van der Waals surface area contributed by atoms with Crippen molar-refractivity contribution in [2.24, 2.45) is 0 Å². The molecule has 0 saturated carbocycles. The molecule has 0 aromatic rings. The zero-order valence-corrected chi connectivity index (χ0v) is 52.0. The Kier molecular flexibility index (Phi) is 62.9. The predicted octanol–water partition coefficient (Wildman–Crippen LogP) is 22.7. The molecule has 0 aromatic carbocycles. The summed E-state index contributed by atoms with van der Waals surface area (Å²) in [7, 11) is 0. The van der Waals surface area contributed by atoms with Gasteiger partial charge in [0, 0.05) is 19.3 Å². The Hall–Kier alpha value is -5.23. The quantitative estimate of drug-likeness (QED) is 0.0261. The number of rotatable bonds is 57. The summed E-state index contributed by atoms with van der Waals surface area (Å²) in [6, 6.07) is 0. The van der Waals surface area contributed by atoms with Crippen molar-refractivity contribution in [3.8, 4) is 0 Å². The summed E-state index contributed by atoms with van der Waals surface area (Å²) in [6.45, 7) is 6.33. The molecule has 81 heavy (non-hydrogen) atoms. The van der Waals surface area contributed by atoms with Crippen molar-refractivity contribution in [1.82, 2.24) is 0 Å². The van der Waals surface area contributed by atoms with Crippen molar-refractivity contribution in [2.45, 2.75) is 271 Å². The van der Waals surface area contributed by atoms with E-state index in [4.69, 9.17) is 14.2 Å². The van der Waals surface area contributed by atoms with Crippen LogP contribution in [-0.4, -0.2) is 37.2 Å². The molecule has 0 N–H and O–H groups in total. The van der Waals surface area contributed by atoms with Gasteiger partial charge in [0.2, 0.25) is 0 Å². The highest BCUT2D eigenvalue weighted by molar-refractivity contribution is 5.71. The summed E-state index contributed by atoms with van der Waals surface area (Å²) in [5, 5.41) is 0. The number of carbonyl (C=O) groups is 3. The van der Waals surface area contributed by atoms with Crippen molar-refractivity contribution < 1.29 is 28.6 Å². The minimum absolute atomic E-state index is 0.110. The van der Waals surface area contributed by atoms with Gasteiger partial charge in [-0.25, -0.2) is 0 Å². The molecule has 0 aliphatic carbocycles. The Morgan fingerprint density at radius 2 is 0.481 bits per heavy atom. The highest BCUT2D eigenvalue weighted by Crippen LogP contribution is 2.14. The van der Waals surface area contributed by atoms with Gasteiger partial charge in [0.1, 0.15) is 13.2 Å². The molecule has 0 aromatic heterocycles. The standard InChI is InChI=1S/C75H118O6/c1-4-7-10-13-16-19-22-25-28-30-32-33-34-35-36-37-38-39-40-41-43-44-47-50-53-56-59-62-65-68-74(77)80-71-72(70-79-73(76)67-64-61-58-55-52-49-46-27-24-21-18-15-12-9-6-3)81-75(78)69-66-63-60-57-54-51-48-45-42-31-29-26-23-20-17-14-11-8-5-2/h7-8,10-11,16-21,25-29,32-33,35-36,38-39,41-43,45-46,51,54,72H,4-6,9,12-15,22-24,30-31,34,37,40,44,47-50,52-53,55-71H2,1-3H3/b10-7-,11-8-,19-16-,20-17-,21-18-,28-25-,29-26-,33-32-,36-35-,39-38-,43-41-,45-42-,46-27-,54-51-. The van der Waals surface area contributed by atoms with E-state index in [1.165, 1.54) is 51.4 Å². The van der Waals surface area contributed by atoms with Crippen LogP contribution in [0.3, 0.4) is 0 Å². The lowest BCUT2D eigenvalue weighted by atomic mass is 10.1. The van der Waals surface area contributed by atoms with E-state index in [0.29, 0.717) is 19.3 Å². The van der Waals surface area contributed by atoms with E-state index >= 15 is 0 Å². The monoisotopic (exact) mass is 1110 g/mol. The molecular formula is C75H118O6. The molecule has 1 atom stereocenters. The largest absolute Gasteiger partial charge is 0.462 e. The van der Waals surface area contributed by atoms with Crippen molar-refractivity contribution in [1.29, 1.82) is 0 Å². The first-order valence-corrected chi connectivity index (χ1v) is 32.6. The zero-order valence-electron chi connectivity index (χ0n) is 52.0. The van der Waals surface area contributed by atoms with Crippen molar-refractivity contribution in [3.05, 3.63) is 170 Å². The molecule has 0 aliphatic rings. The average molecular weight is 1120 g/mol. The van der Waals surface area contributed by atoms with Crippen LogP contribution in [0.4, 0.5) is 0 Å². The first kappa shape index (κ1) is 75.8. The Morgan fingerprint density at radius 3 is 0.765 bits per heavy atom. The summed E-state index contributed by atoms with van der Waals surface area (Å²) in [6.07, 6.45) is 99.2. The topological polar surface area (TPSA) is 78.9 Å². The first-order chi connectivity index (χ1) is 40.0. The fourth-order valence-corrected chi connectivity index (χ4v) is 8.36. The third-order valence-electron chi connectivity index (χ3n) is 13.2. The molecular weight excluding hydrogens is 997 g/mol. The van der Waals surface area contributed by atoms with E-state index < -0.39 is 6.10 Å². The van der Waals surface area contributed by atoms with Gasteiger partial charge in [-0.2, -0.15) is 0 Å². The molecule has 454 valence electrons. The number of carbonyl (C=O) groups excluding carboxylic acids is 3. The third kappa shape index (κ3) is 65.5. The van der Waals surface area contributed by atoms with Crippen LogP contribution in [0.5, 0.6) is 0 Å². The molecule has 0 heterocycles. The van der Waals surface area contributed by atoms with Crippen LogP contribution < -0.4 is 0 Å². The van der Waals surface area contributed by atoms with Crippen molar-refractivity contribution >= 4 is 17.9 Å². The van der Waals surface area contributed by atoms with Crippen LogP contribution in [0.25, 0.3) is 0 Å². The van der Waals surface area contributed by atoms with Crippen LogP contribution in [0.2, 0.25) is 0 Å². The van der Waals surface area contributed by atoms with Crippen molar-refractivity contribution in [2.75, 3.05) is 13.2 Å². The average Bonchev–Trinajstić information content (AvgIpc) is 3.47. The van der Waals surface area contributed by atoms with Crippen LogP contribution in [0.15, 0.2) is 170 Å². The maximum Gasteiger partial charge on any atom is 0.306 e. The maximum absolute atomic E-state index is 12.9. The Morgan fingerprint density at radius 1 is 0.259 bits per heavy atom. The van der Waals surface area contributed by atoms with Crippen LogP contribution in [-0.2, 0) is 28.6 Å². The van der Waals surface area contributed by atoms with E-state index in [1.807, 2.05) is 0 Å². The molecule has 0 bridgehead atoms. The second kappa shape index (κ2) is 67.3. The van der Waals surface area contributed by atoms with Gasteiger partial charge in [-0.3, -0.25) is 14.4 Å². The third-order valence-corrected chi connectivity index (χ3v) is 13.2. The number of hydrogen-bond donors (Lipinski definition) is 0. The molecule has 1 unspecified atom stereocenters. The molecule has 6 heteroatoms. The number of esters is 3. The summed E-state index contributed by atoms with van der Waals surface area (Å²) in [5.74, 6) is -0.970. The lowest BCUT2D eigenvalue weighted by Crippen LogP contribution is -2.30. The Labute approximate surface area is 498 Å². The number of allylic oxidation sites excluding steroid dienone is 28. The lowest BCUT2D eigenvalue weighted by molar-refractivity contribution is -0.167. The first-order valence-electron chi connectivity index (χ1n) is 32.6. The van der Waals surface area contributed by atoms with E-state index in [0.717, 1.165) is 167 Å². The van der Waals surface area contributed by atoms with Crippen LogP contribution in [0.1, 0.15) is 265 Å². The fraction of sp³-hybridized carbons (Fsp3) is 0.587. The smallest absolute Gasteiger partial charge is 0.306 e. The van der Waals surface area contributed by atoms with E-state index in [2.05, 4.69) is 191 Å². The molecule has 0 radical (unpaired) electrons. The normalized spacial score (nSPS) is 13.3. The summed E-state index contributed by atoms with van der Waals surface area (Å²) >= 11 is 0. The van der Waals surface area contributed by atoms with Gasteiger partial charge in [0.25, 0.3) is 0 Å². The summed E-state index contributed by atoms with van der Waals surface area (Å²) in [5.41, 5.74) is 0. The molecule has 0 spiro atoms. The second-order valence-electron chi connectivity index (χ2n) is 20.9. The SMILES string of the molecule is CC/C=C\C/C=C\C/C=C\C/C=C\C/C=C\C/C=C\C/C=C\CCCCCCCCCC(=O)OCC(COC(=O)CCCCCCC/C=C\C/C=C\CCCCC)OC(=O)CCCCC/C=C\C/C=C\C/C=C\C/C=C\C/C=C\CC. The highest BCUT2D eigenvalue weighted by atomic mass is 16.6. The highest BCUT2D eigenvalue weighted by Gasteiger charge is 2.19. The lowest BCUT2D eigenvalue weighted by Gasteiger charge is -2.18. The van der Waals surface area contributed by atoms with Crippen LogP contribution >= 0.6 is 0 Å². The number of hydrogen-bond acceptors (Lipinski definition) is 6. The van der Waals surface area contributed by atoms with Gasteiger partial charge in [-0.1, -0.05) is 262 Å². The number of unbranched alkanes of at least 4 members (excludes halogenated alkanes) is 18. The molecule has 0 saturated heterocycles. The van der Waals surface area contributed by atoms with Gasteiger partial charge >= 0.3 is 17.9 Å². The maximum atomic E-state index is 12.9. The number of ether oxygens (including phenoxy) is 3. The molecule has 0 amide bonds. The van der Waals surface area contributed by atoms with Gasteiger partial charge in [-0.05, 0) is 154 Å². The van der Waals surface area contributed by atoms with Gasteiger partial charge in [0.15, 0.2) is 6.10 Å². The molecule has 0 fully saturated rings. The predicted molar refractivity (Wildman–Crippen MR) is 352 cm³/mol. The second-order valence-corrected chi connectivity index (χ2v) is 20.9. The summed E-state index contributed by atoms with van der Waals surface area (Å²) in [4.78, 5) is 38.4. The van der Waals surface area contributed by atoms with Crippen LogP contribution in [0, 0.1) is 0 Å². The van der Waals surface area contributed by atoms with E-state index in [9.17, 15) is 14.4 Å². The minimum Gasteiger partial charge on any atom is -0.462 e. The van der Waals surface area contributed by atoms with E-state index in [-0.39, 0.29) is 37.5 Å². The van der Waals surface area contributed by atoms with Gasteiger partial charge in [0.05, 0.1) is 0 Å². The minimum atomic E-state index is -0.817. The van der Waals surface area contributed by atoms with E-state index in [1.54, 1.807) is 0 Å². The molecule has 0 rings (SSSR count). The Balaban J connectivity index is 4.46.